The summed E-state index contributed by atoms with van der Waals surface area (Å²) < 4.78 is 5.10. The van der Waals surface area contributed by atoms with Gasteiger partial charge in [0.25, 0.3) is 0 Å². The van der Waals surface area contributed by atoms with Crippen LogP contribution in [0, 0.1) is 6.92 Å². The molecule has 2 aromatic rings. The van der Waals surface area contributed by atoms with Gasteiger partial charge in [-0.2, -0.15) is 0 Å². The van der Waals surface area contributed by atoms with Crippen LogP contribution in [0.2, 0.25) is 0 Å². The van der Waals surface area contributed by atoms with Crippen LogP contribution in [0.15, 0.2) is 29.6 Å². The number of aromatic nitrogens is 1. The van der Waals surface area contributed by atoms with E-state index in [1.807, 2.05) is 36.6 Å². The average Bonchev–Trinajstić information content (AvgIpc) is 2.73. The Morgan fingerprint density at radius 3 is 2.62 bits per heavy atom. The minimum atomic E-state index is 0.789. The zero-order valence-corrected chi connectivity index (χ0v) is 10.2. The van der Waals surface area contributed by atoms with Gasteiger partial charge in [0.2, 0.25) is 0 Å². The van der Waals surface area contributed by atoms with Gasteiger partial charge in [0.15, 0.2) is 5.13 Å². The molecule has 0 aliphatic rings. The first-order chi connectivity index (χ1) is 7.78. The van der Waals surface area contributed by atoms with Crippen molar-refractivity contribution in [2.24, 2.45) is 0 Å². The Morgan fingerprint density at radius 1 is 1.31 bits per heavy atom. The first-order valence-electron chi connectivity index (χ1n) is 5.07. The molecule has 0 atom stereocenters. The Balaban J connectivity index is 1.94. The van der Waals surface area contributed by atoms with Crippen molar-refractivity contribution in [1.29, 1.82) is 0 Å². The van der Waals surface area contributed by atoms with E-state index in [0.717, 1.165) is 23.1 Å². The quantitative estimate of drug-likeness (QED) is 0.882. The number of hydrogen-bond donors (Lipinski definition) is 1. The predicted molar refractivity (Wildman–Crippen MR) is 67.2 cm³/mol. The Hall–Kier alpha value is -1.55. The maximum absolute atomic E-state index is 5.10. The molecule has 1 heterocycles. The third-order valence-electron chi connectivity index (χ3n) is 2.22. The molecule has 1 N–H and O–H groups in total. The van der Waals surface area contributed by atoms with Gasteiger partial charge in [-0.05, 0) is 24.6 Å². The molecule has 0 unspecified atom stereocenters. The van der Waals surface area contributed by atoms with Crippen molar-refractivity contribution in [3.05, 3.63) is 40.9 Å². The number of anilines is 1. The van der Waals surface area contributed by atoms with Gasteiger partial charge >= 0.3 is 0 Å². The number of thiazole rings is 1. The van der Waals surface area contributed by atoms with E-state index < -0.39 is 0 Å². The number of nitrogens with one attached hydrogen (secondary N) is 1. The van der Waals surface area contributed by atoms with Crippen molar-refractivity contribution in [3.63, 3.8) is 0 Å². The summed E-state index contributed by atoms with van der Waals surface area (Å²) in [4.78, 5) is 4.34. The minimum absolute atomic E-state index is 0.789. The fraction of sp³-hybridized carbons (Fsp3) is 0.250. The largest absolute Gasteiger partial charge is 0.497 e. The van der Waals surface area contributed by atoms with E-state index in [0.29, 0.717) is 0 Å². The van der Waals surface area contributed by atoms with Crippen LogP contribution in [0.4, 0.5) is 5.13 Å². The van der Waals surface area contributed by atoms with E-state index in [-0.39, 0.29) is 0 Å². The fourth-order valence-electron chi connectivity index (χ4n) is 1.36. The lowest BCUT2D eigenvalue weighted by Crippen LogP contribution is -1.98. The van der Waals surface area contributed by atoms with Gasteiger partial charge in [0.1, 0.15) is 5.75 Å². The summed E-state index contributed by atoms with van der Waals surface area (Å²) in [5.41, 5.74) is 2.27. The molecule has 1 aromatic heterocycles. The molecule has 4 heteroatoms. The number of benzene rings is 1. The van der Waals surface area contributed by atoms with E-state index >= 15 is 0 Å². The summed E-state index contributed by atoms with van der Waals surface area (Å²) in [6.07, 6.45) is 0. The summed E-state index contributed by atoms with van der Waals surface area (Å²) in [7, 11) is 1.67. The number of ether oxygens (including phenoxy) is 1. The molecule has 16 heavy (non-hydrogen) atoms. The smallest absolute Gasteiger partial charge is 0.183 e. The second-order valence-electron chi connectivity index (χ2n) is 3.50. The molecule has 0 spiro atoms. The molecule has 0 aliphatic heterocycles. The van der Waals surface area contributed by atoms with E-state index in [4.69, 9.17) is 4.74 Å². The van der Waals surface area contributed by atoms with Crippen LogP contribution in [0.1, 0.15) is 11.3 Å². The highest BCUT2D eigenvalue weighted by atomic mass is 32.1. The molecule has 1 aromatic carbocycles. The van der Waals surface area contributed by atoms with Crippen LogP contribution < -0.4 is 10.1 Å². The van der Waals surface area contributed by atoms with Crippen molar-refractivity contribution < 1.29 is 4.74 Å². The summed E-state index contributed by atoms with van der Waals surface area (Å²) in [6, 6.07) is 8.02. The van der Waals surface area contributed by atoms with Crippen LogP contribution in [-0.2, 0) is 6.54 Å². The number of aryl methyl sites for hydroxylation is 1. The normalized spacial score (nSPS) is 10.1. The number of methoxy groups -OCH3 is 1. The maximum atomic E-state index is 5.10. The molecule has 2 rings (SSSR count). The number of rotatable bonds is 4. The van der Waals surface area contributed by atoms with E-state index in [1.165, 1.54) is 5.56 Å². The zero-order chi connectivity index (χ0) is 11.4. The lowest BCUT2D eigenvalue weighted by Gasteiger charge is -2.04. The Morgan fingerprint density at radius 2 is 2.06 bits per heavy atom. The standard InChI is InChI=1S/C12H14N2OS/c1-9-8-16-12(14-9)13-7-10-3-5-11(15-2)6-4-10/h3-6,8H,7H2,1-2H3,(H,13,14). The second-order valence-corrected chi connectivity index (χ2v) is 4.35. The van der Waals surface area contributed by atoms with Crippen molar-refractivity contribution >= 4 is 16.5 Å². The highest BCUT2D eigenvalue weighted by molar-refractivity contribution is 7.13. The molecule has 0 bridgehead atoms. The van der Waals surface area contributed by atoms with Crippen molar-refractivity contribution in [1.82, 2.24) is 4.98 Å². The summed E-state index contributed by atoms with van der Waals surface area (Å²) in [6.45, 7) is 2.78. The highest BCUT2D eigenvalue weighted by Crippen LogP contribution is 2.16. The number of hydrogen-bond acceptors (Lipinski definition) is 4. The van der Waals surface area contributed by atoms with Gasteiger partial charge in [-0.25, -0.2) is 4.98 Å². The molecular weight excluding hydrogens is 220 g/mol. The third kappa shape index (κ3) is 2.73. The summed E-state index contributed by atoms with van der Waals surface area (Å²) >= 11 is 1.63. The van der Waals surface area contributed by atoms with E-state index in [2.05, 4.69) is 10.3 Å². The van der Waals surface area contributed by atoms with Crippen LogP contribution in [0.3, 0.4) is 0 Å². The molecule has 0 amide bonds. The molecule has 0 radical (unpaired) electrons. The van der Waals surface area contributed by atoms with Crippen LogP contribution in [0.5, 0.6) is 5.75 Å². The minimum Gasteiger partial charge on any atom is -0.497 e. The van der Waals surface area contributed by atoms with Gasteiger partial charge in [-0.15, -0.1) is 11.3 Å². The van der Waals surface area contributed by atoms with Gasteiger partial charge in [-0.1, -0.05) is 12.1 Å². The Kier molecular flexibility index (Phi) is 3.41. The summed E-state index contributed by atoms with van der Waals surface area (Å²) in [5.74, 6) is 0.883. The van der Waals surface area contributed by atoms with E-state index in [9.17, 15) is 0 Å². The molecule has 84 valence electrons. The molecule has 0 aliphatic carbocycles. The molecule has 0 fully saturated rings. The fourth-order valence-corrected chi connectivity index (χ4v) is 2.04. The third-order valence-corrected chi connectivity index (χ3v) is 3.14. The first kappa shape index (κ1) is 11.0. The summed E-state index contributed by atoms with van der Waals surface area (Å²) in [5, 5.41) is 6.29. The SMILES string of the molecule is COc1ccc(CNc2nc(C)cs2)cc1. The van der Waals surface area contributed by atoms with Crippen LogP contribution in [0.25, 0.3) is 0 Å². The van der Waals surface area contributed by atoms with E-state index in [1.54, 1.807) is 18.4 Å². The van der Waals surface area contributed by atoms with Gasteiger partial charge in [0, 0.05) is 11.9 Å². The molecule has 0 saturated carbocycles. The average molecular weight is 234 g/mol. The second kappa shape index (κ2) is 4.99. The molecule has 0 saturated heterocycles. The maximum Gasteiger partial charge on any atom is 0.183 e. The first-order valence-corrected chi connectivity index (χ1v) is 5.95. The highest BCUT2D eigenvalue weighted by Gasteiger charge is 1.98. The van der Waals surface area contributed by atoms with Gasteiger partial charge < -0.3 is 10.1 Å². The zero-order valence-electron chi connectivity index (χ0n) is 9.36. The molecular formula is C12H14N2OS. The molecule has 3 nitrogen and oxygen atoms in total. The van der Waals surface area contributed by atoms with Gasteiger partial charge in [0.05, 0.1) is 12.8 Å². The topological polar surface area (TPSA) is 34.1 Å². The van der Waals surface area contributed by atoms with Gasteiger partial charge in [-0.3, -0.25) is 0 Å². The Bertz CT molecular complexity index is 450. The van der Waals surface area contributed by atoms with Crippen molar-refractivity contribution in [3.8, 4) is 5.75 Å². The Labute approximate surface area is 99.1 Å². The van der Waals surface area contributed by atoms with Crippen LogP contribution >= 0.6 is 11.3 Å². The predicted octanol–water partition coefficient (Wildman–Crippen LogP) is 3.07. The lowest BCUT2D eigenvalue weighted by atomic mass is 10.2. The van der Waals surface area contributed by atoms with Crippen LogP contribution in [-0.4, -0.2) is 12.1 Å². The lowest BCUT2D eigenvalue weighted by molar-refractivity contribution is 0.414. The monoisotopic (exact) mass is 234 g/mol. The van der Waals surface area contributed by atoms with Crippen molar-refractivity contribution in [2.45, 2.75) is 13.5 Å². The van der Waals surface area contributed by atoms with Crippen molar-refractivity contribution in [2.75, 3.05) is 12.4 Å². The number of nitrogens with zero attached hydrogens (tertiary/aromatic N) is 1.